The van der Waals surface area contributed by atoms with E-state index in [-0.39, 0.29) is 0 Å². The lowest BCUT2D eigenvalue weighted by Gasteiger charge is -2.10. The Bertz CT molecular complexity index is 332. The summed E-state index contributed by atoms with van der Waals surface area (Å²) in [5.41, 5.74) is 0. The molecule has 0 aliphatic heterocycles. The topological polar surface area (TPSA) is 29.1 Å². The van der Waals surface area contributed by atoms with Gasteiger partial charge in [0.25, 0.3) is 0 Å². The summed E-state index contributed by atoms with van der Waals surface area (Å²) >= 11 is 5.29. The highest BCUT2D eigenvalue weighted by atomic mass is 79.9. The molecule has 1 aromatic heterocycles. The van der Waals surface area contributed by atoms with Gasteiger partial charge in [0.05, 0.1) is 0 Å². The number of aryl methyl sites for hydroxylation is 1. The number of rotatable bonds is 5. The molecule has 1 aromatic rings. The third-order valence-electron chi connectivity index (χ3n) is 2.02. The first-order chi connectivity index (χ1) is 6.99. The summed E-state index contributed by atoms with van der Waals surface area (Å²) in [5.74, 6) is 0.714. The second kappa shape index (κ2) is 6.13. The quantitative estimate of drug-likeness (QED) is 0.906. The lowest BCUT2D eigenvalue weighted by Crippen LogP contribution is -2.30. The lowest BCUT2D eigenvalue weighted by atomic mass is 10.3. The Morgan fingerprint density at radius 2 is 2.33 bits per heavy atom. The number of halogens is 1. The maximum atomic E-state index is 11.0. The molecule has 2 atom stereocenters. The zero-order chi connectivity index (χ0) is 11.4. The fourth-order valence-corrected chi connectivity index (χ4v) is 3.67. The summed E-state index contributed by atoms with van der Waals surface area (Å²) in [4.78, 5) is 2.62. The molecule has 0 amide bonds. The van der Waals surface area contributed by atoms with E-state index in [1.165, 1.54) is 14.2 Å². The van der Waals surface area contributed by atoms with Crippen LogP contribution in [0, 0.1) is 6.92 Å². The van der Waals surface area contributed by atoms with Crippen LogP contribution in [-0.2, 0) is 17.3 Å². The Balaban J connectivity index is 2.40. The molecule has 2 unspecified atom stereocenters. The van der Waals surface area contributed by atoms with Gasteiger partial charge in [0.1, 0.15) is 0 Å². The van der Waals surface area contributed by atoms with E-state index in [2.05, 4.69) is 41.2 Å². The highest BCUT2D eigenvalue weighted by Crippen LogP contribution is 2.26. The van der Waals surface area contributed by atoms with Gasteiger partial charge >= 0.3 is 0 Å². The number of hydrogen-bond acceptors (Lipinski definition) is 3. The van der Waals surface area contributed by atoms with E-state index in [1.54, 1.807) is 17.6 Å². The Morgan fingerprint density at radius 1 is 1.67 bits per heavy atom. The fraction of sp³-hybridized carbons (Fsp3) is 0.600. The van der Waals surface area contributed by atoms with Gasteiger partial charge in [-0.05, 0) is 35.8 Å². The molecule has 1 N–H and O–H groups in total. The predicted octanol–water partition coefficient (Wildman–Crippen LogP) is 2.68. The molecular weight excluding hydrogens is 294 g/mol. The van der Waals surface area contributed by atoms with Crippen LogP contribution in [0.2, 0.25) is 0 Å². The predicted molar refractivity (Wildman–Crippen MR) is 72.0 cm³/mol. The molecule has 0 spiro atoms. The van der Waals surface area contributed by atoms with Crippen molar-refractivity contribution in [2.45, 2.75) is 26.4 Å². The van der Waals surface area contributed by atoms with Crippen LogP contribution >= 0.6 is 27.3 Å². The van der Waals surface area contributed by atoms with Crippen LogP contribution in [0.15, 0.2) is 10.5 Å². The summed E-state index contributed by atoms with van der Waals surface area (Å²) < 4.78 is 12.2. The van der Waals surface area contributed by atoms with Crippen molar-refractivity contribution in [1.29, 1.82) is 0 Å². The van der Waals surface area contributed by atoms with Crippen LogP contribution in [0.5, 0.6) is 0 Å². The number of thiophene rings is 1. The van der Waals surface area contributed by atoms with Gasteiger partial charge in [-0.2, -0.15) is 0 Å². The molecule has 15 heavy (non-hydrogen) atoms. The molecule has 0 aliphatic carbocycles. The van der Waals surface area contributed by atoms with Crippen molar-refractivity contribution >= 4 is 38.1 Å². The maximum absolute atomic E-state index is 11.0. The minimum atomic E-state index is -0.721. The van der Waals surface area contributed by atoms with Gasteiger partial charge in [-0.1, -0.05) is 0 Å². The molecule has 5 heteroatoms. The average Bonchev–Trinajstić information content (AvgIpc) is 2.42. The second-order valence-corrected chi connectivity index (χ2v) is 7.31. The van der Waals surface area contributed by atoms with E-state index in [0.717, 1.165) is 6.54 Å². The highest BCUT2D eigenvalue weighted by Gasteiger charge is 2.06. The van der Waals surface area contributed by atoms with E-state index in [0.29, 0.717) is 11.8 Å². The van der Waals surface area contributed by atoms with Gasteiger partial charge in [-0.3, -0.25) is 4.21 Å². The Labute approximate surface area is 106 Å². The molecule has 0 fully saturated rings. The van der Waals surface area contributed by atoms with E-state index in [1.807, 2.05) is 0 Å². The van der Waals surface area contributed by atoms with E-state index in [4.69, 9.17) is 0 Å². The summed E-state index contributed by atoms with van der Waals surface area (Å²) in [7, 11) is -0.721. The SMILES string of the molecule is Cc1sc(CNC(C)CS(C)=O)cc1Br. The largest absolute Gasteiger partial charge is 0.308 e. The van der Waals surface area contributed by atoms with Crippen molar-refractivity contribution < 1.29 is 4.21 Å². The molecule has 2 nitrogen and oxygen atoms in total. The summed E-state index contributed by atoms with van der Waals surface area (Å²) in [6.45, 7) is 5.02. The van der Waals surface area contributed by atoms with Gasteiger partial charge in [-0.25, -0.2) is 0 Å². The van der Waals surface area contributed by atoms with Gasteiger partial charge in [0.15, 0.2) is 0 Å². The van der Waals surface area contributed by atoms with Crippen LogP contribution in [0.1, 0.15) is 16.7 Å². The molecule has 0 bridgehead atoms. The van der Waals surface area contributed by atoms with E-state index < -0.39 is 10.8 Å². The fourth-order valence-electron chi connectivity index (χ4n) is 1.29. The minimum absolute atomic E-state index is 0.303. The smallest absolute Gasteiger partial charge is 0.0383 e. The second-order valence-electron chi connectivity index (χ2n) is 3.64. The lowest BCUT2D eigenvalue weighted by molar-refractivity contribution is 0.591. The van der Waals surface area contributed by atoms with Crippen molar-refractivity contribution in [3.05, 3.63) is 20.3 Å². The van der Waals surface area contributed by atoms with Crippen LogP contribution in [0.4, 0.5) is 0 Å². The molecule has 0 saturated heterocycles. The molecule has 0 saturated carbocycles. The third kappa shape index (κ3) is 4.76. The van der Waals surface area contributed by atoms with Crippen LogP contribution in [0.3, 0.4) is 0 Å². The van der Waals surface area contributed by atoms with Gasteiger partial charge in [0, 0.05) is 49.6 Å². The van der Waals surface area contributed by atoms with Crippen molar-refractivity contribution in [2.75, 3.05) is 12.0 Å². The Morgan fingerprint density at radius 3 is 2.80 bits per heavy atom. The van der Waals surface area contributed by atoms with Crippen molar-refractivity contribution in [1.82, 2.24) is 5.32 Å². The molecule has 0 aliphatic rings. The normalized spacial score (nSPS) is 15.2. The van der Waals surface area contributed by atoms with Crippen LogP contribution in [0.25, 0.3) is 0 Å². The molecule has 0 aromatic carbocycles. The standard InChI is InChI=1S/C10H16BrNOS2/c1-7(6-15(3)13)12-5-9-4-10(11)8(2)14-9/h4,7,12H,5-6H2,1-3H3. The summed E-state index contributed by atoms with van der Waals surface area (Å²) in [6, 6.07) is 2.44. The van der Waals surface area contributed by atoms with Crippen LogP contribution < -0.4 is 5.32 Å². The van der Waals surface area contributed by atoms with Gasteiger partial charge in [-0.15, -0.1) is 11.3 Å². The molecular formula is C10H16BrNOS2. The number of nitrogens with one attached hydrogen (secondary N) is 1. The maximum Gasteiger partial charge on any atom is 0.0383 e. The zero-order valence-corrected chi connectivity index (χ0v) is 12.4. The summed E-state index contributed by atoms with van der Waals surface area (Å²) in [5, 5.41) is 3.37. The third-order valence-corrected chi connectivity index (χ3v) is 5.12. The van der Waals surface area contributed by atoms with Crippen molar-refractivity contribution in [3.63, 3.8) is 0 Å². The molecule has 0 radical (unpaired) electrons. The first-order valence-electron chi connectivity index (χ1n) is 4.77. The van der Waals surface area contributed by atoms with Gasteiger partial charge in [0.2, 0.25) is 0 Å². The minimum Gasteiger partial charge on any atom is -0.308 e. The summed E-state index contributed by atoms with van der Waals surface area (Å²) in [6.07, 6.45) is 1.74. The molecule has 1 rings (SSSR count). The Kier molecular flexibility index (Phi) is 5.46. The first kappa shape index (κ1) is 13.4. The molecule has 1 heterocycles. The van der Waals surface area contributed by atoms with E-state index in [9.17, 15) is 4.21 Å². The first-order valence-corrected chi connectivity index (χ1v) is 8.11. The van der Waals surface area contributed by atoms with Crippen LogP contribution in [-0.4, -0.2) is 22.3 Å². The monoisotopic (exact) mass is 309 g/mol. The van der Waals surface area contributed by atoms with E-state index >= 15 is 0 Å². The Hall–Kier alpha value is 0.290. The van der Waals surface area contributed by atoms with Crippen molar-refractivity contribution in [2.24, 2.45) is 0 Å². The number of hydrogen-bond donors (Lipinski definition) is 1. The van der Waals surface area contributed by atoms with Crippen molar-refractivity contribution in [3.8, 4) is 0 Å². The zero-order valence-electron chi connectivity index (χ0n) is 9.17. The van der Waals surface area contributed by atoms with Gasteiger partial charge < -0.3 is 5.32 Å². The highest BCUT2D eigenvalue weighted by molar-refractivity contribution is 9.10. The molecule has 86 valence electrons. The average molecular weight is 310 g/mol.